The van der Waals surface area contributed by atoms with Gasteiger partial charge in [0.15, 0.2) is 11.6 Å². The fourth-order valence-corrected chi connectivity index (χ4v) is 3.22. The van der Waals surface area contributed by atoms with Crippen LogP contribution < -0.4 is 10.6 Å². The number of nitrogen functional groups attached to an aromatic ring is 1. The van der Waals surface area contributed by atoms with Gasteiger partial charge in [-0.15, -0.1) is 0 Å². The molecule has 0 saturated carbocycles. The number of halogens is 2. The molecule has 0 aromatic heterocycles. The first-order chi connectivity index (χ1) is 8.41. The smallest absolute Gasteiger partial charge is 0.184 e. The van der Waals surface area contributed by atoms with Crippen LogP contribution in [0.15, 0.2) is 12.1 Å². The first-order valence-electron chi connectivity index (χ1n) is 6.03. The van der Waals surface area contributed by atoms with E-state index in [1.54, 1.807) is 0 Å². The van der Waals surface area contributed by atoms with Gasteiger partial charge in [-0.2, -0.15) is 11.8 Å². The van der Waals surface area contributed by atoms with Gasteiger partial charge < -0.3 is 10.6 Å². The van der Waals surface area contributed by atoms with Gasteiger partial charge in [0.1, 0.15) is 0 Å². The molecule has 1 heterocycles. The fourth-order valence-electron chi connectivity index (χ4n) is 2.12. The van der Waals surface area contributed by atoms with Crippen molar-refractivity contribution >= 4 is 23.1 Å². The number of thioether (sulfide) groups is 1. The van der Waals surface area contributed by atoms with Crippen molar-refractivity contribution in [1.29, 1.82) is 0 Å². The molecule has 0 aliphatic carbocycles. The average molecular weight is 272 g/mol. The molecule has 0 spiro atoms. The molecule has 1 fully saturated rings. The third kappa shape index (κ3) is 2.71. The SMILES string of the molecule is CC1(C)CCN(c2c(N)ccc(F)c2F)CCS1. The van der Waals surface area contributed by atoms with Crippen molar-refractivity contribution in [3.8, 4) is 0 Å². The van der Waals surface area contributed by atoms with E-state index in [-0.39, 0.29) is 10.4 Å². The Morgan fingerprint density at radius 2 is 2.00 bits per heavy atom. The van der Waals surface area contributed by atoms with Crippen LogP contribution in [-0.4, -0.2) is 23.6 Å². The lowest BCUT2D eigenvalue weighted by Gasteiger charge is -2.25. The normalized spacial score (nSPS) is 19.7. The summed E-state index contributed by atoms with van der Waals surface area (Å²) in [6.07, 6.45) is 0.924. The second-order valence-corrected chi connectivity index (χ2v) is 6.95. The summed E-state index contributed by atoms with van der Waals surface area (Å²) in [5.74, 6) is -0.780. The molecular weight excluding hydrogens is 254 g/mol. The number of hydrogen-bond donors (Lipinski definition) is 1. The first kappa shape index (κ1) is 13.5. The molecule has 2 nitrogen and oxygen atoms in total. The Morgan fingerprint density at radius 3 is 2.72 bits per heavy atom. The molecule has 2 rings (SSSR count). The lowest BCUT2D eigenvalue weighted by Crippen LogP contribution is -2.28. The highest BCUT2D eigenvalue weighted by atomic mass is 32.2. The summed E-state index contributed by atoms with van der Waals surface area (Å²) < 4.78 is 27.3. The van der Waals surface area contributed by atoms with E-state index >= 15 is 0 Å². The van der Waals surface area contributed by atoms with Gasteiger partial charge in [-0.05, 0) is 18.6 Å². The Hall–Kier alpha value is -0.970. The second-order valence-electron chi connectivity index (χ2n) is 5.14. The van der Waals surface area contributed by atoms with Crippen LogP contribution >= 0.6 is 11.8 Å². The molecule has 0 bridgehead atoms. The predicted molar refractivity (Wildman–Crippen MR) is 74.1 cm³/mol. The standard InChI is InChI=1S/C13H18F2N2S/c1-13(2)5-6-17(7-8-18-13)12-10(16)4-3-9(14)11(12)15/h3-4H,5-8,16H2,1-2H3. The highest BCUT2D eigenvalue weighted by Gasteiger charge is 2.26. The monoisotopic (exact) mass is 272 g/mol. The minimum Gasteiger partial charge on any atom is -0.397 e. The van der Waals surface area contributed by atoms with Gasteiger partial charge in [-0.1, -0.05) is 13.8 Å². The zero-order chi connectivity index (χ0) is 13.3. The van der Waals surface area contributed by atoms with E-state index < -0.39 is 11.6 Å². The third-order valence-electron chi connectivity index (χ3n) is 3.25. The maximum Gasteiger partial charge on any atom is 0.184 e. The van der Waals surface area contributed by atoms with E-state index in [9.17, 15) is 8.78 Å². The van der Waals surface area contributed by atoms with Crippen LogP contribution in [0.1, 0.15) is 20.3 Å². The van der Waals surface area contributed by atoms with Crippen LogP contribution in [0.2, 0.25) is 0 Å². The summed E-state index contributed by atoms with van der Waals surface area (Å²) >= 11 is 1.86. The van der Waals surface area contributed by atoms with Gasteiger partial charge in [-0.25, -0.2) is 8.78 Å². The lowest BCUT2D eigenvalue weighted by atomic mass is 10.1. The molecule has 1 aromatic rings. The van der Waals surface area contributed by atoms with Crippen LogP contribution in [-0.2, 0) is 0 Å². The van der Waals surface area contributed by atoms with Gasteiger partial charge in [0.05, 0.1) is 11.4 Å². The highest BCUT2D eigenvalue weighted by molar-refractivity contribution is 8.00. The van der Waals surface area contributed by atoms with E-state index in [1.165, 1.54) is 6.07 Å². The number of rotatable bonds is 1. The average Bonchev–Trinajstić information content (AvgIpc) is 2.46. The van der Waals surface area contributed by atoms with Crippen molar-refractivity contribution < 1.29 is 8.78 Å². The van der Waals surface area contributed by atoms with E-state index in [0.717, 1.165) is 18.2 Å². The van der Waals surface area contributed by atoms with Crippen LogP contribution in [0.25, 0.3) is 0 Å². The van der Waals surface area contributed by atoms with Crippen LogP contribution in [0.3, 0.4) is 0 Å². The van der Waals surface area contributed by atoms with E-state index in [1.807, 2.05) is 16.7 Å². The number of benzene rings is 1. The maximum atomic E-state index is 13.9. The molecule has 0 atom stereocenters. The molecule has 1 aromatic carbocycles. The van der Waals surface area contributed by atoms with E-state index in [0.29, 0.717) is 18.8 Å². The van der Waals surface area contributed by atoms with Gasteiger partial charge in [0, 0.05) is 23.6 Å². The molecule has 0 unspecified atom stereocenters. The van der Waals surface area contributed by atoms with Gasteiger partial charge in [0.2, 0.25) is 0 Å². The number of hydrogen-bond acceptors (Lipinski definition) is 3. The molecule has 0 amide bonds. The quantitative estimate of drug-likeness (QED) is 0.796. The topological polar surface area (TPSA) is 29.3 Å². The fraction of sp³-hybridized carbons (Fsp3) is 0.538. The molecule has 1 saturated heterocycles. The highest BCUT2D eigenvalue weighted by Crippen LogP contribution is 2.35. The largest absolute Gasteiger partial charge is 0.397 e. The Kier molecular flexibility index (Phi) is 3.71. The van der Waals surface area contributed by atoms with Crippen molar-refractivity contribution in [2.45, 2.75) is 25.0 Å². The van der Waals surface area contributed by atoms with Gasteiger partial charge >= 0.3 is 0 Å². The molecular formula is C13H18F2N2S. The van der Waals surface area contributed by atoms with Crippen LogP contribution in [0.5, 0.6) is 0 Å². The van der Waals surface area contributed by atoms with Crippen molar-refractivity contribution in [3.63, 3.8) is 0 Å². The Bertz CT molecular complexity index is 449. The Morgan fingerprint density at radius 1 is 1.28 bits per heavy atom. The molecule has 2 N–H and O–H groups in total. The number of nitrogens with two attached hydrogens (primary N) is 1. The number of nitrogens with zero attached hydrogens (tertiary/aromatic N) is 1. The zero-order valence-corrected chi connectivity index (χ0v) is 11.5. The van der Waals surface area contributed by atoms with Crippen LogP contribution in [0.4, 0.5) is 20.2 Å². The first-order valence-corrected chi connectivity index (χ1v) is 7.02. The minimum absolute atomic E-state index is 0.174. The summed E-state index contributed by atoms with van der Waals surface area (Å²) in [6, 6.07) is 2.50. The van der Waals surface area contributed by atoms with Crippen molar-refractivity contribution in [1.82, 2.24) is 0 Å². The lowest BCUT2D eigenvalue weighted by molar-refractivity contribution is 0.505. The Labute approximate surface area is 111 Å². The van der Waals surface area contributed by atoms with Gasteiger partial charge in [-0.3, -0.25) is 0 Å². The molecule has 100 valence electrons. The third-order valence-corrected chi connectivity index (χ3v) is 4.63. The van der Waals surface area contributed by atoms with Crippen molar-refractivity contribution in [3.05, 3.63) is 23.8 Å². The van der Waals surface area contributed by atoms with E-state index in [4.69, 9.17) is 5.73 Å². The molecule has 1 aliphatic heterocycles. The van der Waals surface area contributed by atoms with E-state index in [2.05, 4.69) is 13.8 Å². The van der Waals surface area contributed by atoms with Crippen LogP contribution in [0, 0.1) is 11.6 Å². The summed E-state index contributed by atoms with van der Waals surface area (Å²) in [5, 5.41) is 0. The molecule has 0 radical (unpaired) electrons. The number of anilines is 2. The van der Waals surface area contributed by atoms with Gasteiger partial charge in [0.25, 0.3) is 0 Å². The van der Waals surface area contributed by atoms with Crippen molar-refractivity contribution in [2.24, 2.45) is 0 Å². The minimum atomic E-state index is -0.838. The molecule has 18 heavy (non-hydrogen) atoms. The molecule has 1 aliphatic rings. The second kappa shape index (κ2) is 4.96. The zero-order valence-electron chi connectivity index (χ0n) is 10.7. The maximum absolute atomic E-state index is 13.9. The summed E-state index contributed by atoms with van der Waals surface area (Å²) in [7, 11) is 0. The Balaban J connectivity index is 2.29. The predicted octanol–water partition coefficient (Wildman–Crippen LogP) is 3.27. The summed E-state index contributed by atoms with van der Waals surface area (Å²) in [6.45, 7) is 5.74. The molecule has 5 heteroatoms. The summed E-state index contributed by atoms with van der Waals surface area (Å²) in [5.41, 5.74) is 6.30. The van der Waals surface area contributed by atoms with Crippen molar-refractivity contribution in [2.75, 3.05) is 29.5 Å². The summed E-state index contributed by atoms with van der Waals surface area (Å²) in [4.78, 5) is 1.86.